The summed E-state index contributed by atoms with van der Waals surface area (Å²) in [5.74, 6) is 11.5. The Kier molecular flexibility index (Phi) is 25.1. The summed E-state index contributed by atoms with van der Waals surface area (Å²) in [6, 6.07) is 70.6. The van der Waals surface area contributed by atoms with Crippen LogP contribution < -0.4 is 9.47 Å². The van der Waals surface area contributed by atoms with Crippen molar-refractivity contribution in [1.82, 2.24) is 127 Å². The molecule has 0 saturated heterocycles. The molecule has 0 bridgehead atoms. The zero-order chi connectivity index (χ0) is 92.0. The molecule has 0 atom stereocenters. The van der Waals surface area contributed by atoms with Crippen LogP contribution in [-0.2, 0) is 44.9 Å². The first kappa shape index (κ1) is 87.2. The highest BCUT2D eigenvalue weighted by atomic mass is 19.1. The van der Waals surface area contributed by atoms with E-state index in [-0.39, 0.29) is 17.5 Å². The normalized spacial score (nSPS) is 12.3. The summed E-state index contributed by atoms with van der Waals surface area (Å²) >= 11 is 0. The Morgan fingerprint density at radius 2 is 0.679 bits per heavy atom. The standard InChI is InChI=1S/C23H18FN5.C21H21N5O.C21H23N5O.C20H20FN5.C19H16FN5/c24-18-10-7-16(8-11-18)22-19-14-17(9-12-20(19)26-28-22)23-25-21(27-29-23)13-6-15-4-2-1-3-5-15;1-12(2)9-19-22-21(26-24-19)15-3-5-17-16(11-15)20(25-23-17)14-4-6-18-13(10-14)7-8-27-18;1-12(2)9-19-22-21(26-24-19)15-5-7-17-16(11-15)20(25-23-17)14-6-8-18(27-4)13(3)10-14;1-11(2)8-18-22-20(26-24-18)14-5-7-17-15(10-14)19(25-23-17)13-4-6-16(21)12(3)9-13;20-14-6-3-12(4-7-14)18-15-10-13(5-8-16(15)22-24-18)19-21-17(23-25-19)9-11-1-2-11/h1-5,7-12,14H,6,13H2,(H,26,28)(H,25,27,29);3-6,10-12H,7-9H2,1-2H3,(H,23,25)(H,22,24,26);5-8,10-12H,9H2,1-4H3,(H,23,25)(H,22,24,26);4-7,9-11H,8H2,1-3H3,(H,23,25)(H,22,24,26);3-8,10-11H,1-2,9H2,(H,22,24)(H,21,23,25). The number of hydrogen-bond acceptors (Lipinski definition) is 17. The van der Waals surface area contributed by atoms with Crippen LogP contribution in [0, 0.1) is 55.0 Å². The Balaban J connectivity index is 0.000000108. The van der Waals surface area contributed by atoms with E-state index in [4.69, 9.17) is 9.47 Å². The van der Waals surface area contributed by atoms with Gasteiger partial charge in [-0.1, -0.05) is 71.9 Å². The minimum atomic E-state index is -0.266. The van der Waals surface area contributed by atoms with Crippen LogP contribution in [0.3, 0.4) is 0 Å². The van der Waals surface area contributed by atoms with E-state index >= 15 is 0 Å². The van der Waals surface area contributed by atoms with Gasteiger partial charge in [-0.25, -0.2) is 38.1 Å². The lowest BCUT2D eigenvalue weighted by atomic mass is 10.0. The van der Waals surface area contributed by atoms with Crippen molar-refractivity contribution in [2.24, 2.45) is 23.7 Å². The summed E-state index contributed by atoms with van der Waals surface area (Å²) in [7, 11) is 1.68. The maximum atomic E-state index is 13.6. The monoisotopic (exact) mass is 1790 g/mol. The lowest BCUT2D eigenvalue weighted by Gasteiger charge is -2.06. The first-order valence-corrected chi connectivity index (χ1v) is 45.0. The molecule has 11 heterocycles. The minimum Gasteiger partial charge on any atom is -0.496 e. The number of H-pyrrole nitrogens is 10. The van der Waals surface area contributed by atoms with Gasteiger partial charge in [0.05, 0.1) is 69.8 Å². The summed E-state index contributed by atoms with van der Waals surface area (Å²) in [5.41, 5.74) is 22.6. The van der Waals surface area contributed by atoms with Crippen molar-refractivity contribution in [1.29, 1.82) is 0 Å². The van der Waals surface area contributed by atoms with Gasteiger partial charge in [-0.05, 0) is 273 Å². The molecule has 10 aromatic heterocycles. The molecule has 134 heavy (non-hydrogen) atoms. The molecule has 1 fully saturated rings. The predicted molar refractivity (Wildman–Crippen MR) is 516 cm³/mol. The second-order valence-electron chi connectivity index (χ2n) is 35.2. The third kappa shape index (κ3) is 19.8. The van der Waals surface area contributed by atoms with Gasteiger partial charge < -0.3 is 9.47 Å². The molecule has 30 heteroatoms. The van der Waals surface area contributed by atoms with E-state index in [2.05, 4.69) is 211 Å². The number of nitrogens with zero attached hydrogens (tertiary/aromatic N) is 15. The van der Waals surface area contributed by atoms with Crippen LogP contribution >= 0.6 is 0 Å². The van der Waals surface area contributed by atoms with E-state index in [9.17, 15) is 13.2 Å². The number of hydrogen-bond donors (Lipinski definition) is 10. The van der Waals surface area contributed by atoms with Crippen LogP contribution in [0.2, 0.25) is 0 Å². The summed E-state index contributed by atoms with van der Waals surface area (Å²) < 4.78 is 51.0. The van der Waals surface area contributed by atoms with Gasteiger partial charge in [-0.3, -0.25) is 51.0 Å². The highest BCUT2D eigenvalue weighted by molar-refractivity contribution is 6.00. The first-order valence-electron chi connectivity index (χ1n) is 45.0. The number of benzene rings is 11. The summed E-state index contributed by atoms with van der Waals surface area (Å²) in [6.45, 7) is 17.5. The van der Waals surface area contributed by atoms with E-state index in [1.54, 1.807) is 44.4 Å². The fourth-order valence-corrected chi connectivity index (χ4v) is 16.5. The van der Waals surface area contributed by atoms with Gasteiger partial charge in [0.2, 0.25) is 0 Å². The van der Waals surface area contributed by atoms with Crippen molar-refractivity contribution >= 4 is 54.5 Å². The quantitative estimate of drug-likeness (QED) is 0.0301. The number of methoxy groups -OCH3 is 1. The van der Waals surface area contributed by atoms with Crippen molar-refractivity contribution < 1.29 is 22.6 Å². The van der Waals surface area contributed by atoms with Gasteiger partial charge in [0.1, 0.15) is 58.1 Å². The molecule has 27 nitrogen and oxygen atoms in total. The van der Waals surface area contributed by atoms with Crippen LogP contribution in [0.1, 0.15) is 106 Å². The average molecular weight is 1790 g/mol. The van der Waals surface area contributed by atoms with Gasteiger partial charge in [-0.15, -0.1) is 0 Å². The fraction of sp³-hybridized carbons (Fsp3) is 0.221. The van der Waals surface area contributed by atoms with E-state index in [1.165, 1.54) is 54.3 Å². The van der Waals surface area contributed by atoms with Gasteiger partial charge in [0.15, 0.2) is 29.1 Å². The van der Waals surface area contributed by atoms with Crippen LogP contribution in [0.4, 0.5) is 13.2 Å². The second-order valence-corrected chi connectivity index (χ2v) is 35.2. The summed E-state index contributed by atoms with van der Waals surface area (Å²) in [6.07, 6.45) is 8.85. The molecule has 23 rings (SSSR count). The zero-order valence-electron chi connectivity index (χ0n) is 75.4. The maximum Gasteiger partial charge on any atom is 0.181 e. The molecule has 10 N–H and O–H groups in total. The lowest BCUT2D eigenvalue weighted by Crippen LogP contribution is -1.95. The number of aromatic amines is 10. The Bertz CT molecular complexity index is 7690. The van der Waals surface area contributed by atoms with E-state index in [1.807, 2.05) is 128 Å². The van der Waals surface area contributed by atoms with Gasteiger partial charge >= 0.3 is 0 Å². The topological polar surface area (TPSA) is 370 Å². The third-order valence-corrected chi connectivity index (χ3v) is 23.5. The van der Waals surface area contributed by atoms with Gasteiger partial charge in [-0.2, -0.15) is 51.0 Å². The fourth-order valence-electron chi connectivity index (χ4n) is 16.5. The number of rotatable bonds is 22. The zero-order valence-corrected chi connectivity index (χ0v) is 75.4. The van der Waals surface area contributed by atoms with Crippen molar-refractivity contribution in [3.63, 3.8) is 0 Å². The molecule has 0 spiro atoms. The Morgan fingerprint density at radius 1 is 0.336 bits per heavy atom. The van der Waals surface area contributed by atoms with Crippen LogP contribution in [0.5, 0.6) is 11.5 Å². The first-order chi connectivity index (χ1) is 65.2. The highest BCUT2D eigenvalue weighted by Crippen LogP contribution is 2.40. The molecule has 0 unspecified atom stereocenters. The van der Waals surface area contributed by atoms with Crippen LogP contribution in [0.25, 0.3) is 168 Å². The molecular weight excluding hydrogens is 1690 g/mol. The highest BCUT2D eigenvalue weighted by Gasteiger charge is 2.25. The number of halogens is 3. The second kappa shape index (κ2) is 38.5. The number of aromatic nitrogens is 25. The molecule has 0 radical (unpaired) electrons. The molecule has 1 aliphatic carbocycles. The summed E-state index contributed by atoms with van der Waals surface area (Å²) in [5, 5.41) is 79.7. The molecule has 0 amide bonds. The SMILES string of the molecule is CC(C)Cc1nc(-c2ccc3[nH]nc(-c4ccc5c(c4)CCO5)c3c2)n[nH]1.COc1ccc(-c2n[nH]c3ccc(-c4n[nH]c(CC(C)C)n4)cc23)cc1C.Cc1cc(-c2n[nH]c3ccc(-c4n[nH]c(CC(C)C)n4)cc23)ccc1F.Fc1ccc(-c2n[nH]c3ccc(-c4n[nH]c(CC5CC5)n4)cc23)cc1.Fc1ccc(-c2n[nH]c3ccc(-c4n[nH]c(CCc5ccccc5)n4)cc23)cc1. The largest absolute Gasteiger partial charge is 0.496 e. The lowest BCUT2D eigenvalue weighted by molar-refractivity contribution is 0.357. The Hall–Kier alpha value is -16.1. The molecular formula is C104H98F3N25O2. The Morgan fingerprint density at radius 3 is 1.07 bits per heavy atom. The van der Waals surface area contributed by atoms with E-state index in [0.29, 0.717) is 46.6 Å². The predicted octanol–water partition coefficient (Wildman–Crippen LogP) is 22.4. The molecule has 2 aliphatic rings. The van der Waals surface area contributed by atoms with E-state index in [0.717, 1.165) is 248 Å². The molecule has 1 aliphatic heterocycles. The number of nitrogens with one attached hydrogen (secondary N) is 10. The van der Waals surface area contributed by atoms with Gasteiger partial charge in [0.25, 0.3) is 0 Å². The third-order valence-electron chi connectivity index (χ3n) is 23.5. The number of fused-ring (bicyclic) bond motifs is 6. The number of ether oxygens (including phenoxy) is 2. The minimum absolute atomic E-state index is 0.215. The molecule has 21 aromatic rings. The maximum absolute atomic E-state index is 13.6. The smallest absolute Gasteiger partial charge is 0.181 e. The van der Waals surface area contributed by atoms with E-state index < -0.39 is 0 Å². The van der Waals surface area contributed by atoms with Crippen molar-refractivity contribution in [3.8, 4) is 125 Å². The molecule has 11 aromatic carbocycles. The van der Waals surface area contributed by atoms with Crippen LogP contribution in [0.15, 0.2) is 224 Å². The Labute approximate surface area is 768 Å². The van der Waals surface area contributed by atoms with Crippen molar-refractivity contribution in [2.45, 2.75) is 113 Å². The van der Waals surface area contributed by atoms with Crippen LogP contribution in [-0.4, -0.2) is 141 Å². The average Bonchev–Trinajstić information content (AvgIpc) is 1.64. The number of aryl methyl sites for hydroxylation is 4. The molecule has 1 saturated carbocycles. The summed E-state index contributed by atoms with van der Waals surface area (Å²) in [4.78, 5) is 23.2. The van der Waals surface area contributed by atoms with Crippen molar-refractivity contribution in [3.05, 3.63) is 293 Å². The van der Waals surface area contributed by atoms with Gasteiger partial charge in [0, 0.05) is 121 Å². The van der Waals surface area contributed by atoms with Crippen molar-refractivity contribution in [2.75, 3.05) is 13.7 Å². The molecule has 672 valence electrons.